The van der Waals surface area contributed by atoms with E-state index >= 15 is 0 Å². The average molecular weight is 251 g/mol. The van der Waals surface area contributed by atoms with Crippen molar-refractivity contribution in [3.63, 3.8) is 0 Å². The van der Waals surface area contributed by atoms with Gasteiger partial charge in [0.1, 0.15) is 0 Å². The van der Waals surface area contributed by atoms with E-state index in [0.29, 0.717) is 19.4 Å². The average Bonchev–Trinajstić information content (AvgIpc) is 2.30. The monoisotopic (exact) mass is 251 g/mol. The van der Waals surface area contributed by atoms with Gasteiger partial charge >= 0.3 is 0 Å². The lowest BCUT2D eigenvalue weighted by Crippen LogP contribution is -2.38. The second-order valence-corrected chi connectivity index (χ2v) is 4.20. The Balaban J connectivity index is 2.36. The Hall–Kier alpha value is -1.49. The first-order chi connectivity index (χ1) is 8.15. The van der Waals surface area contributed by atoms with Gasteiger partial charge in [-0.2, -0.15) is 0 Å². The zero-order chi connectivity index (χ0) is 12.7. The van der Waals surface area contributed by atoms with Crippen LogP contribution < -0.4 is 11.1 Å². The van der Waals surface area contributed by atoms with E-state index in [1.54, 1.807) is 6.20 Å². The molecular weight excluding hydrogens is 234 g/mol. The number of nitrogens with one attached hydrogen (secondary N) is 1. The molecule has 92 valence electrons. The summed E-state index contributed by atoms with van der Waals surface area (Å²) in [5, 5.41) is 2.82. The van der Waals surface area contributed by atoms with Crippen LogP contribution >= 0.6 is 12.2 Å². The van der Waals surface area contributed by atoms with Crippen molar-refractivity contribution in [1.29, 1.82) is 0 Å². The first kappa shape index (κ1) is 13.6. The molecule has 1 atom stereocenters. The summed E-state index contributed by atoms with van der Waals surface area (Å²) in [5.41, 5.74) is 6.44. The third kappa shape index (κ3) is 4.48. The highest BCUT2D eigenvalue weighted by atomic mass is 32.1. The van der Waals surface area contributed by atoms with Crippen LogP contribution in [0.3, 0.4) is 0 Å². The fourth-order valence-corrected chi connectivity index (χ4v) is 1.77. The number of aromatic nitrogens is 1. The Bertz CT molecular complexity index is 381. The van der Waals surface area contributed by atoms with Gasteiger partial charge in [0.05, 0.1) is 10.9 Å². The smallest absolute Gasteiger partial charge is 0.229 e. The van der Waals surface area contributed by atoms with Gasteiger partial charge in [0, 0.05) is 24.9 Å². The Morgan fingerprint density at radius 2 is 2.35 bits per heavy atom. The van der Waals surface area contributed by atoms with Gasteiger partial charge in [0.2, 0.25) is 5.91 Å². The van der Waals surface area contributed by atoms with Gasteiger partial charge in [-0.05, 0) is 18.6 Å². The summed E-state index contributed by atoms with van der Waals surface area (Å²) in [6.45, 7) is 2.44. The molecule has 0 aromatic carbocycles. The summed E-state index contributed by atoms with van der Waals surface area (Å²) in [6, 6.07) is 5.72. The van der Waals surface area contributed by atoms with Gasteiger partial charge in [0.25, 0.3) is 0 Å². The van der Waals surface area contributed by atoms with Crippen molar-refractivity contribution in [1.82, 2.24) is 10.3 Å². The summed E-state index contributed by atoms with van der Waals surface area (Å²) < 4.78 is 0. The highest BCUT2D eigenvalue weighted by molar-refractivity contribution is 7.80. The Labute approximate surface area is 107 Å². The fourth-order valence-electron chi connectivity index (χ4n) is 1.50. The fraction of sp³-hybridized carbons (Fsp3) is 0.417. The van der Waals surface area contributed by atoms with Crippen molar-refractivity contribution in [2.75, 3.05) is 6.54 Å². The Morgan fingerprint density at radius 3 is 2.88 bits per heavy atom. The van der Waals surface area contributed by atoms with Crippen molar-refractivity contribution >= 4 is 23.1 Å². The number of hydrogen-bond acceptors (Lipinski definition) is 3. The summed E-state index contributed by atoms with van der Waals surface area (Å²) in [6.07, 6.45) is 3.08. The van der Waals surface area contributed by atoms with Gasteiger partial charge < -0.3 is 11.1 Å². The molecule has 1 amide bonds. The minimum Gasteiger partial charge on any atom is -0.393 e. The molecule has 0 aliphatic rings. The molecule has 1 rings (SSSR count). The molecule has 0 fully saturated rings. The quantitative estimate of drug-likeness (QED) is 0.742. The molecule has 0 saturated heterocycles. The highest BCUT2D eigenvalue weighted by Crippen LogP contribution is 2.03. The number of rotatable bonds is 6. The molecule has 1 heterocycles. The van der Waals surface area contributed by atoms with E-state index in [-0.39, 0.29) is 16.8 Å². The molecule has 0 spiro atoms. The van der Waals surface area contributed by atoms with Crippen molar-refractivity contribution in [3.05, 3.63) is 30.1 Å². The molecule has 4 nitrogen and oxygen atoms in total. The van der Waals surface area contributed by atoms with Gasteiger partial charge in [-0.3, -0.25) is 9.78 Å². The third-order valence-corrected chi connectivity index (χ3v) is 2.76. The summed E-state index contributed by atoms with van der Waals surface area (Å²) in [5.74, 6) is -0.468. The molecule has 1 unspecified atom stereocenters. The molecule has 0 bridgehead atoms. The molecular formula is C12H17N3OS. The second kappa shape index (κ2) is 6.96. The molecule has 0 aliphatic carbocycles. The van der Waals surface area contributed by atoms with Crippen molar-refractivity contribution in [3.8, 4) is 0 Å². The number of nitrogens with zero attached hydrogens (tertiary/aromatic N) is 1. The zero-order valence-electron chi connectivity index (χ0n) is 9.85. The van der Waals surface area contributed by atoms with Crippen LogP contribution in [0.25, 0.3) is 0 Å². The lowest BCUT2D eigenvalue weighted by Gasteiger charge is -2.13. The zero-order valence-corrected chi connectivity index (χ0v) is 10.7. The topological polar surface area (TPSA) is 68.0 Å². The number of thiocarbonyl (C=S) groups is 1. The number of amides is 1. The molecule has 1 aromatic rings. The van der Waals surface area contributed by atoms with E-state index < -0.39 is 0 Å². The molecule has 3 N–H and O–H groups in total. The summed E-state index contributed by atoms with van der Waals surface area (Å²) >= 11 is 4.84. The maximum absolute atomic E-state index is 11.7. The van der Waals surface area contributed by atoms with Crippen molar-refractivity contribution < 1.29 is 4.79 Å². The van der Waals surface area contributed by atoms with Crippen molar-refractivity contribution in [2.24, 2.45) is 11.7 Å². The predicted molar refractivity (Wildman–Crippen MR) is 71.5 cm³/mol. The minimum atomic E-state index is -0.367. The van der Waals surface area contributed by atoms with Crippen LogP contribution in [0.15, 0.2) is 24.4 Å². The van der Waals surface area contributed by atoms with Crippen LogP contribution in [0, 0.1) is 5.92 Å². The van der Waals surface area contributed by atoms with E-state index in [2.05, 4.69) is 10.3 Å². The molecule has 5 heteroatoms. The normalized spacial score (nSPS) is 11.8. The molecule has 0 saturated carbocycles. The molecule has 1 aromatic heterocycles. The van der Waals surface area contributed by atoms with Crippen LogP contribution in [0.4, 0.5) is 0 Å². The van der Waals surface area contributed by atoms with Crippen molar-refractivity contribution in [2.45, 2.75) is 19.8 Å². The lowest BCUT2D eigenvalue weighted by atomic mass is 10.1. The number of pyridine rings is 1. The minimum absolute atomic E-state index is 0.101. The van der Waals surface area contributed by atoms with Crippen LogP contribution in [0.2, 0.25) is 0 Å². The Morgan fingerprint density at radius 1 is 1.59 bits per heavy atom. The summed E-state index contributed by atoms with van der Waals surface area (Å²) in [7, 11) is 0. The van der Waals surface area contributed by atoms with E-state index in [9.17, 15) is 4.79 Å². The second-order valence-electron chi connectivity index (χ2n) is 3.73. The van der Waals surface area contributed by atoms with Gasteiger partial charge in [-0.1, -0.05) is 25.2 Å². The number of carbonyl (C=O) groups excluding carboxylic acids is 1. The van der Waals surface area contributed by atoms with E-state index in [0.717, 1.165) is 5.69 Å². The predicted octanol–water partition coefficient (Wildman–Crippen LogP) is 1.05. The number of nitrogens with two attached hydrogens (primary N) is 1. The van der Waals surface area contributed by atoms with Crippen LogP contribution in [-0.4, -0.2) is 22.4 Å². The van der Waals surface area contributed by atoms with E-state index in [1.165, 1.54) is 0 Å². The van der Waals surface area contributed by atoms with Crippen LogP contribution in [0.1, 0.15) is 19.0 Å². The van der Waals surface area contributed by atoms with Crippen LogP contribution in [0.5, 0.6) is 0 Å². The Kier molecular flexibility index (Phi) is 5.56. The van der Waals surface area contributed by atoms with E-state index in [1.807, 2.05) is 25.1 Å². The van der Waals surface area contributed by atoms with Crippen LogP contribution in [-0.2, 0) is 11.2 Å². The largest absolute Gasteiger partial charge is 0.393 e. The van der Waals surface area contributed by atoms with Gasteiger partial charge in [-0.25, -0.2) is 0 Å². The standard InChI is InChI=1S/C12H17N3OS/c1-2-10(11(13)17)12(16)15-8-6-9-5-3-4-7-14-9/h3-5,7,10H,2,6,8H2,1H3,(H2,13,17)(H,15,16). The highest BCUT2D eigenvalue weighted by Gasteiger charge is 2.18. The maximum atomic E-state index is 11.7. The first-order valence-electron chi connectivity index (χ1n) is 5.62. The molecule has 0 aliphatic heterocycles. The third-order valence-electron chi connectivity index (χ3n) is 2.47. The lowest BCUT2D eigenvalue weighted by molar-refractivity contribution is -0.123. The first-order valence-corrected chi connectivity index (χ1v) is 6.03. The van der Waals surface area contributed by atoms with Gasteiger partial charge in [-0.15, -0.1) is 0 Å². The SMILES string of the molecule is CCC(C(=O)NCCc1ccccn1)C(N)=S. The number of hydrogen-bond donors (Lipinski definition) is 2. The summed E-state index contributed by atoms with van der Waals surface area (Å²) in [4.78, 5) is 16.1. The van der Waals surface area contributed by atoms with Gasteiger partial charge in [0.15, 0.2) is 0 Å². The molecule has 0 radical (unpaired) electrons. The number of carbonyl (C=O) groups is 1. The van der Waals surface area contributed by atoms with E-state index in [4.69, 9.17) is 18.0 Å². The molecule has 17 heavy (non-hydrogen) atoms. The maximum Gasteiger partial charge on any atom is 0.229 e.